The Morgan fingerprint density at radius 2 is 1.19 bits per heavy atom. The van der Waals surface area contributed by atoms with E-state index in [1.807, 2.05) is 60.7 Å². The molecule has 2 aromatic heterocycles. The minimum absolute atomic E-state index is 0.0392. The number of hydrogen-bond acceptors (Lipinski definition) is 3. The summed E-state index contributed by atoms with van der Waals surface area (Å²) in [7, 11) is 0. The van der Waals surface area contributed by atoms with Crippen molar-refractivity contribution >= 4 is 17.0 Å². The second-order valence-corrected chi connectivity index (χ2v) is 13.3. The molecule has 2 aliphatic carbocycles. The van der Waals surface area contributed by atoms with Gasteiger partial charge in [0.1, 0.15) is 0 Å². The molecule has 2 aliphatic rings. The lowest BCUT2D eigenvalue weighted by atomic mass is 9.82. The van der Waals surface area contributed by atoms with E-state index < -0.39 is 0 Å². The van der Waals surface area contributed by atoms with E-state index >= 15 is 0 Å². The normalized spacial score (nSPS) is 15.8. The molecule has 0 saturated carbocycles. The molecule has 2 heterocycles. The van der Waals surface area contributed by atoms with Gasteiger partial charge < -0.3 is 4.57 Å². The van der Waals surface area contributed by atoms with Crippen molar-refractivity contribution in [2.75, 3.05) is 0 Å². The zero-order valence-corrected chi connectivity index (χ0v) is 26.8. The van der Waals surface area contributed by atoms with E-state index in [4.69, 9.17) is 15.0 Å². The zero-order valence-electron chi connectivity index (χ0n) is 26.8. The first kappa shape index (κ1) is 27.7. The Balaban J connectivity index is 1.21. The largest absolute Gasteiger partial charge is 0.313 e. The van der Waals surface area contributed by atoms with E-state index in [9.17, 15) is 0 Å². The van der Waals surface area contributed by atoms with E-state index in [1.165, 1.54) is 44.4 Å². The van der Waals surface area contributed by atoms with Crippen LogP contribution in [-0.2, 0) is 5.41 Å². The molecular formula is C43H34N4. The van der Waals surface area contributed by atoms with Crippen molar-refractivity contribution in [1.29, 1.82) is 0 Å². The van der Waals surface area contributed by atoms with Crippen molar-refractivity contribution < 1.29 is 0 Å². The second-order valence-electron chi connectivity index (χ2n) is 13.3. The van der Waals surface area contributed by atoms with Crippen LogP contribution < -0.4 is 0 Å². The van der Waals surface area contributed by atoms with Crippen molar-refractivity contribution in [3.05, 3.63) is 150 Å². The minimum atomic E-state index is -0.0392. The molecule has 0 aliphatic heterocycles. The summed E-state index contributed by atoms with van der Waals surface area (Å²) in [5.74, 6) is 2.41. The predicted molar refractivity (Wildman–Crippen MR) is 193 cm³/mol. The smallest absolute Gasteiger partial charge is 0.164 e. The molecule has 0 fully saturated rings. The van der Waals surface area contributed by atoms with Gasteiger partial charge in [-0.1, -0.05) is 118 Å². The molecule has 1 unspecified atom stereocenters. The van der Waals surface area contributed by atoms with Gasteiger partial charge >= 0.3 is 0 Å². The van der Waals surface area contributed by atoms with Gasteiger partial charge in [-0.2, -0.15) is 0 Å². The van der Waals surface area contributed by atoms with Gasteiger partial charge in [0.25, 0.3) is 0 Å². The Morgan fingerprint density at radius 1 is 0.617 bits per heavy atom. The summed E-state index contributed by atoms with van der Waals surface area (Å²) in [4.78, 5) is 14.8. The fourth-order valence-corrected chi connectivity index (χ4v) is 7.66. The SMILES string of the molecule is CC1CC=Cc2c1n(-c1ccc(-c3nc(-c4ccccc4)nc(-c4ccccc4)n3)cc1)c1cc3c(cc21)C(C)(C)c1ccccc1-3. The lowest BCUT2D eigenvalue weighted by Crippen LogP contribution is -2.14. The van der Waals surface area contributed by atoms with Crippen LogP contribution in [0, 0.1) is 0 Å². The van der Waals surface area contributed by atoms with Crippen LogP contribution in [0.15, 0.2) is 127 Å². The lowest BCUT2D eigenvalue weighted by Gasteiger charge is -2.21. The van der Waals surface area contributed by atoms with Crippen LogP contribution in [0.3, 0.4) is 0 Å². The summed E-state index contributed by atoms with van der Waals surface area (Å²) in [5, 5.41) is 1.32. The molecule has 4 nitrogen and oxygen atoms in total. The van der Waals surface area contributed by atoms with Gasteiger partial charge in [-0.15, -0.1) is 0 Å². The number of rotatable bonds is 4. The molecule has 7 aromatic rings. The van der Waals surface area contributed by atoms with Gasteiger partial charge in [0.05, 0.1) is 5.52 Å². The molecule has 5 aromatic carbocycles. The standard InChI is InChI=1S/C43H34N4/c1-27-13-12-19-33-35-25-37-34(32-18-10-11-20-36(32)43(37,2)3)26-38(35)47(39(27)33)31-23-21-30(22-24-31)42-45-40(28-14-6-4-7-15-28)44-41(46-42)29-16-8-5-9-17-29/h4-12,14-27H,13H2,1-3H3. The second kappa shape index (κ2) is 10.5. The number of nitrogens with zero attached hydrogens (tertiary/aromatic N) is 4. The van der Waals surface area contributed by atoms with Crippen LogP contribution in [0.2, 0.25) is 0 Å². The van der Waals surface area contributed by atoms with Gasteiger partial charge in [0.2, 0.25) is 0 Å². The van der Waals surface area contributed by atoms with Gasteiger partial charge in [-0.25, -0.2) is 15.0 Å². The third-order valence-electron chi connectivity index (χ3n) is 10.1. The van der Waals surface area contributed by atoms with E-state index in [2.05, 4.69) is 98.2 Å². The number of aromatic nitrogens is 4. The van der Waals surface area contributed by atoms with Gasteiger partial charge in [0, 0.05) is 50.4 Å². The number of fused-ring (bicyclic) bond motifs is 6. The number of benzene rings is 5. The minimum Gasteiger partial charge on any atom is -0.313 e. The summed E-state index contributed by atoms with van der Waals surface area (Å²) in [6.07, 6.45) is 5.71. The van der Waals surface area contributed by atoms with Crippen LogP contribution in [-0.4, -0.2) is 19.5 Å². The van der Waals surface area contributed by atoms with Crippen molar-refractivity contribution in [2.45, 2.75) is 38.5 Å². The monoisotopic (exact) mass is 606 g/mol. The lowest BCUT2D eigenvalue weighted by molar-refractivity contribution is 0.661. The van der Waals surface area contributed by atoms with Crippen LogP contribution in [0.1, 0.15) is 55.5 Å². The molecule has 0 saturated heterocycles. The summed E-state index contributed by atoms with van der Waals surface area (Å²) >= 11 is 0. The van der Waals surface area contributed by atoms with Gasteiger partial charge in [0.15, 0.2) is 17.5 Å². The van der Waals surface area contributed by atoms with Crippen LogP contribution in [0.25, 0.3) is 68.0 Å². The van der Waals surface area contributed by atoms with Crippen molar-refractivity contribution in [1.82, 2.24) is 19.5 Å². The van der Waals surface area contributed by atoms with Crippen molar-refractivity contribution in [3.63, 3.8) is 0 Å². The average Bonchev–Trinajstić information content (AvgIpc) is 3.57. The Kier molecular flexibility index (Phi) is 6.16. The molecule has 9 rings (SSSR count). The third kappa shape index (κ3) is 4.32. The van der Waals surface area contributed by atoms with Crippen molar-refractivity contribution in [3.8, 4) is 51.0 Å². The zero-order chi connectivity index (χ0) is 31.7. The summed E-state index contributed by atoms with van der Waals surface area (Å²) < 4.78 is 2.50. The highest BCUT2D eigenvalue weighted by Crippen LogP contribution is 2.51. The molecule has 0 bridgehead atoms. The average molecular weight is 607 g/mol. The first-order chi connectivity index (χ1) is 23.0. The molecule has 0 N–H and O–H groups in total. The quantitative estimate of drug-likeness (QED) is 0.200. The maximum absolute atomic E-state index is 4.96. The van der Waals surface area contributed by atoms with E-state index in [-0.39, 0.29) is 5.41 Å². The molecule has 0 radical (unpaired) electrons. The van der Waals surface area contributed by atoms with Gasteiger partial charge in [-0.3, -0.25) is 0 Å². The highest BCUT2D eigenvalue weighted by atomic mass is 15.0. The predicted octanol–water partition coefficient (Wildman–Crippen LogP) is 10.6. The van der Waals surface area contributed by atoms with Crippen LogP contribution in [0.4, 0.5) is 0 Å². The maximum atomic E-state index is 4.96. The number of allylic oxidation sites excluding steroid dienone is 1. The van der Waals surface area contributed by atoms with Crippen molar-refractivity contribution in [2.24, 2.45) is 0 Å². The van der Waals surface area contributed by atoms with Crippen LogP contribution >= 0.6 is 0 Å². The Bertz CT molecular complexity index is 2290. The van der Waals surface area contributed by atoms with E-state index in [0.29, 0.717) is 23.4 Å². The molecule has 226 valence electrons. The summed E-state index contributed by atoms with van der Waals surface area (Å²) in [5.41, 5.74) is 13.5. The molecule has 1 atom stereocenters. The maximum Gasteiger partial charge on any atom is 0.164 e. The van der Waals surface area contributed by atoms with Gasteiger partial charge in [-0.05, 0) is 65.1 Å². The Labute approximate surface area is 275 Å². The third-order valence-corrected chi connectivity index (χ3v) is 10.1. The topological polar surface area (TPSA) is 43.6 Å². The molecule has 47 heavy (non-hydrogen) atoms. The first-order valence-corrected chi connectivity index (χ1v) is 16.4. The molecule has 0 spiro atoms. The Morgan fingerprint density at radius 3 is 1.83 bits per heavy atom. The van der Waals surface area contributed by atoms with E-state index in [1.54, 1.807) is 0 Å². The van der Waals surface area contributed by atoms with E-state index in [0.717, 1.165) is 28.8 Å². The molecule has 4 heteroatoms. The fourth-order valence-electron chi connectivity index (χ4n) is 7.66. The molecular weight excluding hydrogens is 573 g/mol. The first-order valence-electron chi connectivity index (χ1n) is 16.4. The summed E-state index contributed by atoms with van der Waals surface area (Å²) in [6.45, 7) is 7.06. The molecule has 0 amide bonds. The van der Waals surface area contributed by atoms with Crippen LogP contribution in [0.5, 0.6) is 0 Å². The number of hydrogen-bond donors (Lipinski definition) is 0. The highest BCUT2D eigenvalue weighted by Gasteiger charge is 2.36. The summed E-state index contributed by atoms with van der Waals surface area (Å²) in [6, 6.07) is 42.8. The fraction of sp³-hybridized carbons (Fsp3) is 0.140. The Hall–Kier alpha value is -5.61. The highest BCUT2D eigenvalue weighted by molar-refractivity contribution is 5.99.